The highest BCUT2D eigenvalue weighted by Crippen LogP contribution is 2.36. The van der Waals surface area contributed by atoms with E-state index in [4.69, 9.17) is 16.6 Å². The van der Waals surface area contributed by atoms with Crippen LogP contribution in [-0.4, -0.2) is 30.0 Å². The van der Waals surface area contributed by atoms with Crippen LogP contribution >= 0.6 is 0 Å². The number of halogens is 4. The lowest BCUT2D eigenvalue weighted by Crippen LogP contribution is -2.38. The largest absolute Gasteiger partial charge is 0.417 e. The molecule has 0 atom stereocenters. The summed E-state index contributed by atoms with van der Waals surface area (Å²) >= 11 is 0. The van der Waals surface area contributed by atoms with Crippen molar-refractivity contribution < 1.29 is 17.6 Å². The molecule has 0 bridgehead atoms. The third-order valence-electron chi connectivity index (χ3n) is 7.26. The molecule has 0 radical (unpaired) electrons. The molecule has 210 valence electrons. The zero-order valence-electron chi connectivity index (χ0n) is 22.6. The van der Waals surface area contributed by atoms with E-state index in [2.05, 4.69) is 10.3 Å². The van der Waals surface area contributed by atoms with Gasteiger partial charge in [-0.3, -0.25) is 0 Å². The molecule has 10 heteroatoms. The second-order valence-electron chi connectivity index (χ2n) is 9.72. The minimum Gasteiger partial charge on any atom is -0.398 e. The van der Waals surface area contributed by atoms with Crippen LogP contribution in [0.2, 0.25) is 0 Å². The average molecular weight is 553 g/mol. The molecule has 0 unspecified atom stereocenters. The van der Waals surface area contributed by atoms with Crippen LogP contribution in [0, 0.1) is 23.6 Å². The molecule has 1 aliphatic rings. The Hall–Kier alpha value is -4.21. The standard InChI is InChI=1S/C30H32F4N6/c1-4-18-7-6-8-19(5-2)27(18)39-28(21-10-9-17(3)26(37)22(21)14-35)23-16-40(12-11-25(23)36)29-24(31)13-20(15-38-29)30(32,33)34/h6-10,13-15,35-36,39H,4-5,11-12,16,37H2,1-3H3/b28-23-,35-14?,36-25?. The first kappa shape index (κ1) is 28.8. The monoisotopic (exact) mass is 552 g/mol. The number of nitrogens with zero attached hydrogens (tertiary/aromatic N) is 2. The van der Waals surface area contributed by atoms with Crippen LogP contribution in [0.4, 0.5) is 34.8 Å². The van der Waals surface area contributed by atoms with Gasteiger partial charge in [0.25, 0.3) is 0 Å². The van der Waals surface area contributed by atoms with E-state index in [0.29, 0.717) is 46.1 Å². The van der Waals surface area contributed by atoms with Gasteiger partial charge >= 0.3 is 6.18 Å². The van der Waals surface area contributed by atoms with Crippen molar-refractivity contribution in [1.29, 1.82) is 10.8 Å². The minimum absolute atomic E-state index is 0.0252. The molecule has 40 heavy (non-hydrogen) atoms. The van der Waals surface area contributed by atoms with E-state index in [-0.39, 0.29) is 25.3 Å². The molecule has 5 N–H and O–H groups in total. The molecule has 1 aromatic heterocycles. The topological polar surface area (TPSA) is 102 Å². The Kier molecular flexibility index (Phi) is 8.27. The summed E-state index contributed by atoms with van der Waals surface area (Å²) in [6.45, 7) is 6.17. The SMILES string of the molecule is CCc1cccc(CC)c1N/C(=C1/CN(c2ncc(C(F)(F)F)cc2F)CCC1=N)c1ccc(C)c(N)c1C=N. The number of anilines is 3. The molecule has 3 aromatic rings. The van der Waals surface area contributed by atoms with Crippen molar-refractivity contribution in [2.75, 3.05) is 29.0 Å². The normalized spacial score (nSPS) is 15.3. The number of aromatic nitrogens is 1. The summed E-state index contributed by atoms with van der Waals surface area (Å²) in [5.41, 5.74) is 11.9. The number of benzene rings is 2. The van der Waals surface area contributed by atoms with E-state index in [1.165, 1.54) is 6.21 Å². The van der Waals surface area contributed by atoms with Gasteiger partial charge in [-0.1, -0.05) is 44.2 Å². The molecular formula is C30H32F4N6. The molecule has 2 heterocycles. The number of alkyl halides is 3. The van der Waals surface area contributed by atoms with Gasteiger partial charge in [-0.2, -0.15) is 13.2 Å². The third-order valence-corrected chi connectivity index (χ3v) is 7.26. The lowest BCUT2D eigenvalue weighted by atomic mass is 9.91. The maximum absolute atomic E-state index is 14.9. The fourth-order valence-electron chi connectivity index (χ4n) is 4.94. The van der Waals surface area contributed by atoms with Gasteiger partial charge in [0.15, 0.2) is 11.6 Å². The molecular weight excluding hydrogens is 520 g/mol. The van der Waals surface area contributed by atoms with Gasteiger partial charge in [0.05, 0.1) is 11.3 Å². The number of pyridine rings is 1. The summed E-state index contributed by atoms with van der Waals surface area (Å²) in [7, 11) is 0. The van der Waals surface area contributed by atoms with Gasteiger partial charge in [0, 0.05) is 65.7 Å². The smallest absolute Gasteiger partial charge is 0.398 e. The van der Waals surface area contributed by atoms with Crippen molar-refractivity contribution >= 4 is 34.8 Å². The highest BCUT2D eigenvalue weighted by atomic mass is 19.4. The molecule has 0 spiro atoms. The van der Waals surface area contributed by atoms with E-state index in [9.17, 15) is 17.6 Å². The highest BCUT2D eigenvalue weighted by Gasteiger charge is 2.33. The second-order valence-corrected chi connectivity index (χ2v) is 9.72. The fourth-order valence-corrected chi connectivity index (χ4v) is 4.94. The molecule has 1 saturated heterocycles. The first-order valence-corrected chi connectivity index (χ1v) is 13.1. The van der Waals surface area contributed by atoms with E-state index < -0.39 is 17.6 Å². The van der Waals surface area contributed by atoms with Crippen LogP contribution in [0.5, 0.6) is 0 Å². The number of nitrogen functional groups attached to an aromatic ring is 1. The Labute approximate surface area is 230 Å². The number of para-hydroxylation sites is 1. The summed E-state index contributed by atoms with van der Waals surface area (Å²) in [6.07, 6.45) is -1.20. The molecule has 1 aliphatic heterocycles. The number of rotatable bonds is 7. The fraction of sp³-hybridized carbons (Fsp3) is 0.300. The van der Waals surface area contributed by atoms with Crippen LogP contribution in [0.1, 0.15) is 53.6 Å². The van der Waals surface area contributed by atoms with E-state index >= 15 is 0 Å². The predicted molar refractivity (Wildman–Crippen MR) is 153 cm³/mol. The van der Waals surface area contributed by atoms with Crippen LogP contribution < -0.4 is 16.0 Å². The van der Waals surface area contributed by atoms with Crippen LogP contribution in [0.3, 0.4) is 0 Å². The molecule has 4 rings (SSSR count). The number of hydrogen-bond acceptors (Lipinski definition) is 6. The second kappa shape index (κ2) is 11.5. The third kappa shape index (κ3) is 5.57. The van der Waals surface area contributed by atoms with E-state index in [1.807, 2.05) is 51.1 Å². The highest BCUT2D eigenvalue weighted by molar-refractivity contribution is 6.10. The molecule has 1 fully saturated rings. The minimum atomic E-state index is -4.71. The Bertz CT molecular complexity index is 1470. The Balaban J connectivity index is 1.91. The van der Waals surface area contributed by atoms with E-state index in [1.54, 1.807) is 4.90 Å². The van der Waals surface area contributed by atoms with Gasteiger partial charge in [0.1, 0.15) is 0 Å². The lowest BCUT2D eigenvalue weighted by Gasteiger charge is -2.33. The first-order valence-electron chi connectivity index (χ1n) is 13.1. The molecule has 0 aliphatic carbocycles. The van der Waals surface area contributed by atoms with Gasteiger partial charge in [0.2, 0.25) is 0 Å². The van der Waals surface area contributed by atoms with Crippen LogP contribution in [-0.2, 0) is 19.0 Å². The van der Waals surface area contributed by atoms with E-state index in [0.717, 1.165) is 35.2 Å². The number of piperidine rings is 1. The van der Waals surface area contributed by atoms with Crippen LogP contribution in [0.15, 0.2) is 48.2 Å². The zero-order chi connectivity index (χ0) is 29.2. The summed E-state index contributed by atoms with van der Waals surface area (Å²) in [5.74, 6) is -1.29. The van der Waals surface area contributed by atoms with Crippen molar-refractivity contribution in [3.63, 3.8) is 0 Å². The number of nitrogens with one attached hydrogen (secondary N) is 3. The van der Waals surface area contributed by atoms with Crippen molar-refractivity contribution in [2.24, 2.45) is 0 Å². The summed E-state index contributed by atoms with van der Waals surface area (Å²) < 4.78 is 54.3. The van der Waals surface area contributed by atoms with Gasteiger partial charge in [-0.05, 0) is 42.5 Å². The quantitative estimate of drug-likeness (QED) is 0.144. The van der Waals surface area contributed by atoms with Crippen molar-refractivity contribution in [3.05, 3.63) is 87.4 Å². The Morgan fingerprint density at radius 2 is 1.82 bits per heavy atom. The van der Waals surface area contributed by atoms with Crippen LogP contribution in [0.25, 0.3) is 5.70 Å². The summed E-state index contributed by atoms with van der Waals surface area (Å²) in [5, 5.41) is 20.5. The lowest BCUT2D eigenvalue weighted by molar-refractivity contribution is -0.138. The molecule has 0 saturated carbocycles. The molecule has 0 amide bonds. The maximum atomic E-state index is 14.9. The van der Waals surface area contributed by atoms with Gasteiger partial charge in [-0.15, -0.1) is 0 Å². The zero-order valence-corrected chi connectivity index (χ0v) is 22.6. The summed E-state index contributed by atoms with van der Waals surface area (Å²) in [4.78, 5) is 5.36. The van der Waals surface area contributed by atoms with Crippen molar-refractivity contribution in [2.45, 2.75) is 46.2 Å². The Morgan fingerprint density at radius 3 is 2.40 bits per heavy atom. The molecule has 6 nitrogen and oxygen atoms in total. The number of nitrogens with two attached hydrogens (primary N) is 1. The van der Waals surface area contributed by atoms with Gasteiger partial charge < -0.3 is 26.8 Å². The first-order chi connectivity index (χ1) is 19.0. The summed E-state index contributed by atoms with van der Waals surface area (Å²) in [6, 6.07) is 10.2. The Morgan fingerprint density at radius 1 is 1.15 bits per heavy atom. The predicted octanol–water partition coefficient (Wildman–Crippen LogP) is 7.01. The van der Waals surface area contributed by atoms with Crippen molar-refractivity contribution in [3.8, 4) is 0 Å². The number of hydrogen-bond donors (Lipinski definition) is 4. The van der Waals surface area contributed by atoms with Gasteiger partial charge in [-0.25, -0.2) is 9.37 Å². The number of aryl methyl sites for hydroxylation is 3. The van der Waals surface area contributed by atoms with Crippen molar-refractivity contribution in [1.82, 2.24) is 4.98 Å². The maximum Gasteiger partial charge on any atom is 0.417 e. The molecule has 2 aromatic carbocycles. The average Bonchev–Trinajstić information content (AvgIpc) is 2.93.